The van der Waals surface area contributed by atoms with Crippen LogP contribution in [0, 0.1) is 6.92 Å². The van der Waals surface area contributed by atoms with Crippen LogP contribution in [-0.2, 0) is 9.84 Å². The van der Waals surface area contributed by atoms with E-state index in [-0.39, 0.29) is 10.8 Å². The molecule has 0 bridgehead atoms. The van der Waals surface area contributed by atoms with Crippen LogP contribution < -0.4 is 5.32 Å². The summed E-state index contributed by atoms with van der Waals surface area (Å²) in [6, 6.07) is 15.3. The summed E-state index contributed by atoms with van der Waals surface area (Å²) in [4.78, 5) is 17.2. The Morgan fingerprint density at radius 2 is 1.79 bits per heavy atom. The Labute approximate surface area is 140 Å². The number of para-hydroxylation sites is 1. The Hall–Kier alpha value is -2.73. The number of benzene rings is 2. The highest BCUT2D eigenvalue weighted by Gasteiger charge is 2.13. The maximum absolute atomic E-state index is 12.7. The molecule has 0 aliphatic heterocycles. The molecule has 5 nitrogen and oxygen atoms in total. The van der Waals surface area contributed by atoms with E-state index in [2.05, 4.69) is 10.3 Å². The summed E-state index contributed by atoms with van der Waals surface area (Å²) < 4.78 is 23.3. The first-order valence-corrected chi connectivity index (χ1v) is 9.21. The maximum Gasteiger partial charge on any atom is 0.256 e. The van der Waals surface area contributed by atoms with Crippen molar-refractivity contribution in [3.8, 4) is 0 Å². The quantitative estimate of drug-likeness (QED) is 0.794. The number of hydrogen-bond acceptors (Lipinski definition) is 4. The fourth-order valence-electron chi connectivity index (χ4n) is 2.50. The van der Waals surface area contributed by atoms with E-state index in [1.807, 2.05) is 31.2 Å². The van der Waals surface area contributed by atoms with E-state index in [0.717, 1.165) is 22.9 Å². The van der Waals surface area contributed by atoms with E-state index < -0.39 is 9.84 Å². The van der Waals surface area contributed by atoms with Crippen molar-refractivity contribution in [2.24, 2.45) is 0 Å². The molecule has 0 unspecified atom stereocenters. The molecule has 0 spiro atoms. The Bertz CT molecular complexity index is 1040. The van der Waals surface area contributed by atoms with Gasteiger partial charge in [-0.05, 0) is 37.3 Å². The lowest BCUT2D eigenvalue weighted by Gasteiger charge is -2.10. The average molecular weight is 340 g/mol. The minimum atomic E-state index is -3.33. The molecule has 0 aliphatic carbocycles. The van der Waals surface area contributed by atoms with Gasteiger partial charge in [-0.15, -0.1) is 0 Å². The molecule has 24 heavy (non-hydrogen) atoms. The second-order valence-corrected chi connectivity index (χ2v) is 7.60. The molecule has 0 fully saturated rings. The zero-order valence-corrected chi connectivity index (χ0v) is 14.1. The third-order valence-corrected chi connectivity index (χ3v) is 4.72. The molecule has 2 aromatic carbocycles. The van der Waals surface area contributed by atoms with Crippen molar-refractivity contribution in [3.05, 3.63) is 65.9 Å². The number of nitrogens with zero attached hydrogens (tertiary/aromatic N) is 1. The molecule has 1 aromatic heterocycles. The monoisotopic (exact) mass is 340 g/mol. The van der Waals surface area contributed by atoms with Crippen molar-refractivity contribution in [2.75, 3.05) is 11.6 Å². The lowest BCUT2D eigenvalue weighted by Crippen LogP contribution is -2.13. The second kappa shape index (κ2) is 6.05. The summed E-state index contributed by atoms with van der Waals surface area (Å²) in [7, 11) is -3.33. The number of anilines is 1. The Morgan fingerprint density at radius 3 is 2.54 bits per heavy atom. The topological polar surface area (TPSA) is 76.1 Å². The number of amides is 1. The Kier molecular flexibility index (Phi) is 4.07. The lowest BCUT2D eigenvalue weighted by atomic mass is 10.1. The highest BCUT2D eigenvalue weighted by molar-refractivity contribution is 7.90. The summed E-state index contributed by atoms with van der Waals surface area (Å²) in [5, 5.41) is 3.51. The van der Waals surface area contributed by atoms with E-state index >= 15 is 0 Å². The van der Waals surface area contributed by atoms with Gasteiger partial charge >= 0.3 is 0 Å². The first kappa shape index (κ1) is 16.1. The van der Waals surface area contributed by atoms with Crippen LogP contribution in [0.1, 0.15) is 16.1 Å². The summed E-state index contributed by atoms with van der Waals surface area (Å²) in [6.07, 6.45) is 1.13. The number of pyridine rings is 1. The maximum atomic E-state index is 12.7. The molecule has 1 N–H and O–H groups in total. The normalized spacial score (nSPS) is 11.4. The molecule has 0 radical (unpaired) electrons. The molecular formula is C18H16N2O3S. The average Bonchev–Trinajstić information content (AvgIpc) is 2.53. The summed E-state index contributed by atoms with van der Waals surface area (Å²) in [5.41, 5.74) is 2.42. The number of sulfone groups is 1. The van der Waals surface area contributed by atoms with Gasteiger partial charge < -0.3 is 5.32 Å². The molecular weight excluding hydrogens is 324 g/mol. The van der Waals surface area contributed by atoms with Crippen molar-refractivity contribution in [3.63, 3.8) is 0 Å². The minimum absolute atomic E-state index is 0.163. The SMILES string of the molecule is Cc1cc(C(=O)Nc2cccc(S(C)(=O)=O)c2)c2ccccc2n1. The van der Waals surface area contributed by atoms with Crippen LogP contribution in [0.4, 0.5) is 5.69 Å². The second-order valence-electron chi connectivity index (χ2n) is 5.58. The molecule has 0 aliphatic rings. The molecule has 122 valence electrons. The smallest absolute Gasteiger partial charge is 0.256 e. The number of aromatic nitrogens is 1. The number of rotatable bonds is 3. The Morgan fingerprint density at radius 1 is 1.04 bits per heavy atom. The number of carbonyl (C=O) groups is 1. The molecule has 1 heterocycles. The zero-order chi connectivity index (χ0) is 17.3. The largest absolute Gasteiger partial charge is 0.322 e. The van der Waals surface area contributed by atoms with Gasteiger partial charge in [0.05, 0.1) is 16.0 Å². The van der Waals surface area contributed by atoms with Crippen LogP contribution in [0.5, 0.6) is 0 Å². The van der Waals surface area contributed by atoms with Crippen molar-refractivity contribution in [2.45, 2.75) is 11.8 Å². The van der Waals surface area contributed by atoms with E-state index in [4.69, 9.17) is 0 Å². The van der Waals surface area contributed by atoms with E-state index in [1.165, 1.54) is 12.1 Å². The van der Waals surface area contributed by atoms with Gasteiger partial charge in [0.1, 0.15) is 0 Å². The molecule has 3 rings (SSSR count). The number of fused-ring (bicyclic) bond motifs is 1. The van der Waals surface area contributed by atoms with Crippen LogP contribution in [0.15, 0.2) is 59.5 Å². The van der Waals surface area contributed by atoms with Gasteiger partial charge in [-0.2, -0.15) is 0 Å². The van der Waals surface area contributed by atoms with Gasteiger partial charge in [0.15, 0.2) is 9.84 Å². The van der Waals surface area contributed by atoms with Crippen molar-refractivity contribution >= 4 is 32.3 Å². The van der Waals surface area contributed by atoms with E-state index in [1.54, 1.807) is 18.2 Å². The highest BCUT2D eigenvalue weighted by Crippen LogP contribution is 2.21. The fraction of sp³-hybridized carbons (Fsp3) is 0.111. The molecule has 3 aromatic rings. The van der Waals surface area contributed by atoms with Gasteiger partial charge in [0, 0.05) is 23.0 Å². The lowest BCUT2D eigenvalue weighted by molar-refractivity contribution is 0.102. The van der Waals surface area contributed by atoms with E-state index in [9.17, 15) is 13.2 Å². The predicted octanol–water partition coefficient (Wildman–Crippen LogP) is 3.20. The third kappa shape index (κ3) is 3.28. The first-order valence-electron chi connectivity index (χ1n) is 7.32. The Balaban J connectivity index is 2.00. The summed E-state index contributed by atoms with van der Waals surface area (Å²) >= 11 is 0. The van der Waals surface area contributed by atoms with Gasteiger partial charge in [-0.1, -0.05) is 24.3 Å². The molecule has 0 saturated heterocycles. The fourth-order valence-corrected chi connectivity index (χ4v) is 3.17. The molecule has 1 amide bonds. The van der Waals surface area contributed by atoms with Crippen molar-refractivity contribution in [1.82, 2.24) is 4.98 Å². The van der Waals surface area contributed by atoms with E-state index in [0.29, 0.717) is 11.3 Å². The number of carbonyl (C=O) groups excluding carboxylic acids is 1. The van der Waals surface area contributed by atoms with Crippen LogP contribution >= 0.6 is 0 Å². The van der Waals surface area contributed by atoms with Crippen LogP contribution in [-0.4, -0.2) is 25.6 Å². The number of nitrogens with one attached hydrogen (secondary N) is 1. The number of aryl methyl sites for hydroxylation is 1. The minimum Gasteiger partial charge on any atom is -0.322 e. The van der Waals surface area contributed by atoms with Crippen molar-refractivity contribution < 1.29 is 13.2 Å². The number of hydrogen-bond donors (Lipinski definition) is 1. The van der Waals surface area contributed by atoms with Gasteiger partial charge in [-0.25, -0.2) is 8.42 Å². The van der Waals surface area contributed by atoms with Gasteiger partial charge in [0.25, 0.3) is 5.91 Å². The summed E-state index contributed by atoms with van der Waals surface area (Å²) in [5.74, 6) is -0.303. The van der Waals surface area contributed by atoms with Crippen molar-refractivity contribution in [1.29, 1.82) is 0 Å². The highest BCUT2D eigenvalue weighted by atomic mass is 32.2. The standard InChI is InChI=1S/C18H16N2O3S/c1-12-10-16(15-8-3-4-9-17(15)19-12)18(21)20-13-6-5-7-14(11-13)24(2,22)23/h3-11H,1-2H3,(H,20,21). The summed E-state index contributed by atoms with van der Waals surface area (Å²) in [6.45, 7) is 1.83. The van der Waals surface area contributed by atoms with Crippen LogP contribution in [0.2, 0.25) is 0 Å². The van der Waals surface area contributed by atoms with Gasteiger partial charge in [0.2, 0.25) is 0 Å². The zero-order valence-electron chi connectivity index (χ0n) is 13.3. The first-order chi connectivity index (χ1) is 11.3. The predicted molar refractivity (Wildman–Crippen MR) is 94.0 cm³/mol. The van der Waals surface area contributed by atoms with Crippen LogP contribution in [0.25, 0.3) is 10.9 Å². The molecule has 6 heteroatoms. The molecule has 0 atom stereocenters. The molecule has 0 saturated carbocycles. The third-order valence-electron chi connectivity index (χ3n) is 3.61. The van der Waals surface area contributed by atoms with Crippen LogP contribution in [0.3, 0.4) is 0 Å². The van der Waals surface area contributed by atoms with Gasteiger partial charge in [-0.3, -0.25) is 9.78 Å².